The number of hydrogen-bond acceptors (Lipinski definition) is 1. The summed E-state index contributed by atoms with van der Waals surface area (Å²) in [5, 5.41) is 0. The van der Waals surface area contributed by atoms with Crippen LogP contribution in [0, 0.1) is 12.7 Å². The summed E-state index contributed by atoms with van der Waals surface area (Å²) >= 11 is 0. The summed E-state index contributed by atoms with van der Waals surface area (Å²) in [5.74, 6) is 1.58. The van der Waals surface area contributed by atoms with Crippen molar-refractivity contribution in [1.82, 2.24) is 4.98 Å². The SMILES string of the molecule is Cc1ccc(OCc2[nH]c3ccccc3[n+]2Cc2ccc(F)cc2)cc1. The molecule has 26 heavy (non-hydrogen) atoms. The maximum absolute atomic E-state index is 13.2. The van der Waals surface area contributed by atoms with Crippen LogP contribution in [-0.4, -0.2) is 4.98 Å². The Kier molecular flexibility index (Phi) is 4.40. The van der Waals surface area contributed by atoms with E-state index in [1.807, 2.05) is 54.6 Å². The van der Waals surface area contributed by atoms with Crippen LogP contribution in [0.2, 0.25) is 0 Å². The highest BCUT2D eigenvalue weighted by Crippen LogP contribution is 2.15. The van der Waals surface area contributed by atoms with Crippen LogP contribution in [0.5, 0.6) is 5.75 Å². The Labute approximate surface area is 151 Å². The van der Waals surface area contributed by atoms with Gasteiger partial charge in [-0.3, -0.25) is 0 Å². The Morgan fingerprint density at radius 3 is 2.42 bits per heavy atom. The predicted molar refractivity (Wildman–Crippen MR) is 99.5 cm³/mol. The molecule has 4 heteroatoms. The zero-order valence-electron chi connectivity index (χ0n) is 14.6. The molecule has 0 bridgehead atoms. The van der Waals surface area contributed by atoms with Crippen LogP contribution in [0.25, 0.3) is 11.0 Å². The smallest absolute Gasteiger partial charge is 0.294 e. The highest BCUT2D eigenvalue weighted by atomic mass is 19.1. The maximum atomic E-state index is 13.2. The molecule has 0 saturated carbocycles. The van der Waals surface area contributed by atoms with Crippen molar-refractivity contribution in [3.05, 3.63) is 95.6 Å². The van der Waals surface area contributed by atoms with Crippen molar-refractivity contribution in [3.63, 3.8) is 0 Å². The number of aryl methyl sites for hydroxylation is 1. The van der Waals surface area contributed by atoms with E-state index in [-0.39, 0.29) is 5.82 Å². The molecular weight excluding hydrogens is 327 g/mol. The van der Waals surface area contributed by atoms with Gasteiger partial charge in [0.15, 0.2) is 17.6 Å². The van der Waals surface area contributed by atoms with Gasteiger partial charge in [-0.05, 0) is 48.9 Å². The number of imidazole rings is 1. The molecule has 3 nitrogen and oxygen atoms in total. The first-order valence-corrected chi connectivity index (χ1v) is 8.62. The second-order valence-corrected chi connectivity index (χ2v) is 6.40. The lowest BCUT2D eigenvalue weighted by Crippen LogP contribution is -2.38. The quantitative estimate of drug-likeness (QED) is 0.528. The van der Waals surface area contributed by atoms with E-state index in [2.05, 4.69) is 22.5 Å². The van der Waals surface area contributed by atoms with E-state index in [1.54, 1.807) is 0 Å². The first-order chi connectivity index (χ1) is 12.7. The molecule has 0 atom stereocenters. The zero-order chi connectivity index (χ0) is 17.9. The Balaban J connectivity index is 1.64. The molecule has 1 heterocycles. The van der Waals surface area contributed by atoms with E-state index in [4.69, 9.17) is 4.74 Å². The first kappa shape index (κ1) is 16.3. The van der Waals surface area contributed by atoms with Crippen LogP contribution in [0.3, 0.4) is 0 Å². The van der Waals surface area contributed by atoms with Crippen molar-refractivity contribution in [2.75, 3.05) is 0 Å². The van der Waals surface area contributed by atoms with Gasteiger partial charge in [0.1, 0.15) is 18.1 Å². The summed E-state index contributed by atoms with van der Waals surface area (Å²) in [5.41, 5.74) is 4.39. The van der Waals surface area contributed by atoms with Gasteiger partial charge in [0.2, 0.25) is 0 Å². The molecule has 0 amide bonds. The van der Waals surface area contributed by atoms with E-state index >= 15 is 0 Å². The minimum atomic E-state index is -0.222. The zero-order valence-corrected chi connectivity index (χ0v) is 14.6. The number of hydrogen-bond donors (Lipinski definition) is 1. The summed E-state index contributed by atoms with van der Waals surface area (Å²) in [4.78, 5) is 3.44. The maximum Gasteiger partial charge on any atom is 0.294 e. The number of ether oxygens (including phenoxy) is 1. The van der Waals surface area contributed by atoms with E-state index in [0.717, 1.165) is 28.2 Å². The molecule has 0 aliphatic heterocycles. The van der Waals surface area contributed by atoms with Crippen molar-refractivity contribution in [2.45, 2.75) is 20.1 Å². The van der Waals surface area contributed by atoms with E-state index in [9.17, 15) is 4.39 Å². The average molecular weight is 347 g/mol. The number of nitrogens with one attached hydrogen (secondary N) is 1. The van der Waals surface area contributed by atoms with Crippen LogP contribution in [-0.2, 0) is 13.2 Å². The second-order valence-electron chi connectivity index (χ2n) is 6.40. The summed E-state index contributed by atoms with van der Waals surface area (Å²) in [6.45, 7) is 3.13. The molecule has 130 valence electrons. The van der Waals surface area contributed by atoms with Crippen LogP contribution in [0.15, 0.2) is 72.8 Å². The van der Waals surface area contributed by atoms with Crippen LogP contribution < -0.4 is 9.30 Å². The van der Waals surface area contributed by atoms with Crippen molar-refractivity contribution < 1.29 is 13.7 Å². The Bertz CT molecular complexity index is 1020. The van der Waals surface area contributed by atoms with Crippen LogP contribution in [0.1, 0.15) is 17.0 Å². The number of aromatic nitrogens is 2. The van der Waals surface area contributed by atoms with E-state index in [1.165, 1.54) is 17.7 Å². The Morgan fingerprint density at radius 2 is 1.65 bits per heavy atom. The highest BCUT2D eigenvalue weighted by molar-refractivity contribution is 5.71. The van der Waals surface area contributed by atoms with Crippen molar-refractivity contribution in [1.29, 1.82) is 0 Å². The number of rotatable bonds is 5. The third-order valence-electron chi connectivity index (χ3n) is 4.45. The number of benzene rings is 3. The van der Waals surface area contributed by atoms with E-state index in [0.29, 0.717) is 13.2 Å². The number of fused-ring (bicyclic) bond motifs is 1. The van der Waals surface area contributed by atoms with Crippen LogP contribution >= 0.6 is 0 Å². The fourth-order valence-corrected chi connectivity index (χ4v) is 3.04. The van der Waals surface area contributed by atoms with Gasteiger partial charge in [-0.15, -0.1) is 0 Å². The molecule has 3 aromatic carbocycles. The fraction of sp³-hybridized carbons (Fsp3) is 0.136. The second kappa shape index (κ2) is 7.00. The lowest BCUT2D eigenvalue weighted by Gasteiger charge is -2.06. The third kappa shape index (κ3) is 3.45. The van der Waals surface area contributed by atoms with Crippen molar-refractivity contribution >= 4 is 11.0 Å². The number of nitrogens with zero attached hydrogens (tertiary/aromatic N) is 1. The molecule has 0 aliphatic rings. The standard InChI is InChI=1S/C22H19FN2O/c1-16-6-12-19(13-7-16)26-15-22-24-20-4-2-3-5-21(20)25(22)14-17-8-10-18(23)11-9-17/h2-13H,14-15H2,1H3/p+1. The summed E-state index contributed by atoms with van der Waals surface area (Å²) < 4.78 is 21.3. The molecular formula is C22H20FN2O+. The lowest BCUT2D eigenvalue weighted by molar-refractivity contribution is -0.671. The van der Waals surface area contributed by atoms with Gasteiger partial charge in [-0.25, -0.2) is 13.9 Å². The molecule has 0 fully saturated rings. The minimum Gasteiger partial charge on any atom is -0.481 e. The minimum absolute atomic E-state index is 0.222. The molecule has 4 rings (SSSR count). The van der Waals surface area contributed by atoms with Crippen molar-refractivity contribution in [3.8, 4) is 5.75 Å². The van der Waals surface area contributed by atoms with E-state index < -0.39 is 0 Å². The van der Waals surface area contributed by atoms with Gasteiger partial charge in [-0.2, -0.15) is 0 Å². The Hall–Kier alpha value is -3.14. The molecule has 1 N–H and O–H groups in total. The Morgan fingerprint density at radius 1 is 0.923 bits per heavy atom. The van der Waals surface area contributed by atoms with Crippen LogP contribution in [0.4, 0.5) is 4.39 Å². The molecule has 0 aliphatic carbocycles. The first-order valence-electron chi connectivity index (χ1n) is 8.62. The molecule has 0 unspecified atom stereocenters. The lowest BCUT2D eigenvalue weighted by atomic mass is 10.2. The molecule has 1 aromatic heterocycles. The molecule has 0 spiro atoms. The van der Waals surface area contributed by atoms with Gasteiger partial charge < -0.3 is 4.74 Å². The summed E-state index contributed by atoms with van der Waals surface area (Å²) in [6, 6.07) is 22.8. The average Bonchev–Trinajstić information content (AvgIpc) is 3.01. The van der Waals surface area contributed by atoms with Gasteiger partial charge >= 0.3 is 0 Å². The number of para-hydroxylation sites is 2. The predicted octanol–water partition coefficient (Wildman–Crippen LogP) is 4.53. The van der Waals surface area contributed by atoms with Gasteiger partial charge in [0.05, 0.1) is 0 Å². The third-order valence-corrected chi connectivity index (χ3v) is 4.45. The summed E-state index contributed by atoms with van der Waals surface area (Å²) in [6.07, 6.45) is 0. The number of aromatic amines is 1. The highest BCUT2D eigenvalue weighted by Gasteiger charge is 2.19. The topological polar surface area (TPSA) is 28.9 Å². The molecule has 0 saturated heterocycles. The fourth-order valence-electron chi connectivity index (χ4n) is 3.04. The molecule has 4 aromatic rings. The van der Waals surface area contributed by atoms with Crippen molar-refractivity contribution in [2.24, 2.45) is 0 Å². The van der Waals surface area contributed by atoms with Gasteiger partial charge in [0.25, 0.3) is 5.82 Å². The number of halogens is 1. The molecule has 0 radical (unpaired) electrons. The number of H-pyrrole nitrogens is 1. The van der Waals surface area contributed by atoms with Gasteiger partial charge in [0, 0.05) is 0 Å². The largest absolute Gasteiger partial charge is 0.481 e. The van der Waals surface area contributed by atoms with Gasteiger partial charge in [-0.1, -0.05) is 42.0 Å². The summed E-state index contributed by atoms with van der Waals surface area (Å²) in [7, 11) is 0. The normalized spacial score (nSPS) is 11.0. The monoisotopic (exact) mass is 347 g/mol.